The molecule has 0 unspecified atom stereocenters. The number of anilines is 1. The van der Waals surface area contributed by atoms with Crippen LogP contribution in [-0.4, -0.2) is 40.4 Å². The number of likely N-dealkylation sites (N-methyl/N-ethyl adjacent to an activating group) is 1. The minimum atomic E-state index is -0.245. The van der Waals surface area contributed by atoms with Gasteiger partial charge in [-0.15, -0.1) is 0 Å². The van der Waals surface area contributed by atoms with Crippen LogP contribution < -0.4 is 5.32 Å². The molecule has 0 saturated carbocycles. The maximum absolute atomic E-state index is 12.7. The first-order valence-corrected chi connectivity index (χ1v) is 9.28. The number of rotatable bonds is 5. The molecule has 7 nitrogen and oxygen atoms in total. The van der Waals surface area contributed by atoms with E-state index in [2.05, 4.69) is 15.5 Å². The number of hydrogen-bond donors (Lipinski definition) is 1. The Morgan fingerprint density at radius 2 is 1.66 bits per heavy atom. The molecule has 0 atom stereocenters. The first-order valence-electron chi connectivity index (χ1n) is 9.28. The normalized spacial score (nSPS) is 10.7. The third-order valence-electron chi connectivity index (χ3n) is 4.58. The number of benzene rings is 2. The molecule has 2 aromatic carbocycles. The Morgan fingerprint density at radius 3 is 2.21 bits per heavy atom. The van der Waals surface area contributed by atoms with Gasteiger partial charge in [0.25, 0.3) is 11.8 Å². The Bertz CT molecular complexity index is 1030. The Labute approximate surface area is 169 Å². The van der Waals surface area contributed by atoms with Crippen molar-refractivity contribution in [2.45, 2.75) is 27.7 Å². The van der Waals surface area contributed by atoms with Gasteiger partial charge in [-0.1, -0.05) is 22.9 Å². The van der Waals surface area contributed by atoms with Crippen LogP contribution in [0.15, 0.2) is 40.9 Å². The first-order chi connectivity index (χ1) is 13.7. The van der Waals surface area contributed by atoms with Crippen LogP contribution in [0, 0.1) is 27.7 Å². The second-order valence-electron chi connectivity index (χ2n) is 7.21. The van der Waals surface area contributed by atoms with Gasteiger partial charge in [-0.3, -0.25) is 9.59 Å². The zero-order valence-corrected chi connectivity index (χ0v) is 17.2. The lowest BCUT2D eigenvalue weighted by Crippen LogP contribution is -2.35. The van der Waals surface area contributed by atoms with Crippen molar-refractivity contribution in [1.82, 2.24) is 15.0 Å². The molecular formula is C22H24N4O3. The highest BCUT2D eigenvalue weighted by Crippen LogP contribution is 2.22. The van der Waals surface area contributed by atoms with E-state index in [-0.39, 0.29) is 18.4 Å². The smallest absolute Gasteiger partial charge is 0.257 e. The van der Waals surface area contributed by atoms with E-state index in [1.54, 1.807) is 38.2 Å². The summed E-state index contributed by atoms with van der Waals surface area (Å²) in [7, 11) is 1.60. The summed E-state index contributed by atoms with van der Waals surface area (Å²) in [6, 6.07) is 10.9. The van der Waals surface area contributed by atoms with Crippen molar-refractivity contribution in [3.8, 4) is 11.5 Å². The summed E-state index contributed by atoms with van der Waals surface area (Å²) in [6.07, 6.45) is 0. The number of carbonyl (C=O) groups is 2. The second kappa shape index (κ2) is 8.26. The van der Waals surface area contributed by atoms with Gasteiger partial charge < -0.3 is 14.7 Å². The molecule has 0 saturated heterocycles. The van der Waals surface area contributed by atoms with Gasteiger partial charge in [-0.05, 0) is 63.1 Å². The molecule has 0 aliphatic carbocycles. The highest BCUT2D eigenvalue weighted by molar-refractivity contribution is 6.00. The standard InChI is InChI=1S/C22H24N4O3/c1-13-10-14(2)20(15(3)11-13)24-19(27)12-26(5)22(28)18-8-6-17(7-9-18)21-23-16(4)25-29-21/h6-11H,12H2,1-5H3,(H,24,27). The van der Waals surface area contributed by atoms with Crippen LogP contribution >= 0.6 is 0 Å². The van der Waals surface area contributed by atoms with E-state index in [4.69, 9.17) is 4.52 Å². The predicted octanol–water partition coefficient (Wildman–Crippen LogP) is 3.68. The van der Waals surface area contributed by atoms with E-state index in [1.165, 1.54) is 4.90 Å². The van der Waals surface area contributed by atoms with Crippen LogP contribution in [0.25, 0.3) is 11.5 Å². The van der Waals surface area contributed by atoms with Gasteiger partial charge in [0.2, 0.25) is 5.91 Å². The molecule has 0 spiro atoms. The average molecular weight is 392 g/mol. The summed E-state index contributed by atoms with van der Waals surface area (Å²) in [6.45, 7) is 7.62. The minimum absolute atomic E-state index is 0.0454. The molecule has 0 aliphatic rings. The Morgan fingerprint density at radius 1 is 1.03 bits per heavy atom. The minimum Gasteiger partial charge on any atom is -0.334 e. The number of nitrogens with one attached hydrogen (secondary N) is 1. The van der Waals surface area contributed by atoms with Crippen LogP contribution in [0.4, 0.5) is 5.69 Å². The number of aromatic nitrogens is 2. The molecule has 0 radical (unpaired) electrons. The summed E-state index contributed by atoms with van der Waals surface area (Å²) in [5, 5.41) is 6.67. The van der Waals surface area contributed by atoms with Crippen molar-refractivity contribution in [3.05, 3.63) is 64.5 Å². The molecule has 0 fully saturated rings. The molecule has 1 heterocycles. The van der Waals surface area contributed by atoms with Crippen molar-refractivity contribution in [2.24, 2.45) is 0 Å². The van der Waals surface area contributed by atoms with Gasteiger partial charge in [0.15, 0.2) is 5.82 Å². The van der Waals surface area contributed by atoms with E-state index in [9.17, 15) is 9.59 Å². The van der Waals surface area contributed by atoms with E-state index >= 15 is 0 Å². The summed E-state index contributed by atoms with van der Waals surface area (Å²) < 4.78 is 5.12. The summed E-state index contributed by atoms with van der Waals surface area (Å²) in [5.74, 6) is 0.461. The largest absolute Gasteiger partial charge is 0.334 e. The zero-order valence-electron chi connectivity index (χ0n) is 17.2. The van der Waals surface area contributed by atoms with Gasteiger partial charge in [0.1, 0.15) is 0 Å². The maximum atomic E-state index is 12.7. The average Bonchev–Trinajstić information content (AvgIpc) is 3.10. The van der Waals surface area contributed by atoms with Gasteiger partial charge in [0.05, 0.1) is 6.54 Å². The molecule has 0 bridgehead atoms. The van der Waals surface area contributed by atoms with Crippen LogP contribution in [0.5, 0.6) is 0 Å². The molecule has 1 N–H and O–H groups in total. The molecule has 29 heavy (non-hydrogen) atoms. The lowest BCUT2D eigenvalue weighted by Gasteiger charge is -2.18. The Kier molecular flexibility index (Phi) is 5.77. The summed E-state index contributed by atoms with van der Waals surface area (Å²) in [5.41, 5.74) is 5.13. The topological polar surface area (TPSA) is 88.3 Å². The predicted molar refractivity (Wildman–Crippen MR) is 111 cm³/mol. The molecule has 3 rings (SSSR count). The Balaban J connectivity index is 1.65. The molecule has 0 aliphatic heterocycles. The van der Waals surface area contributed by atoms with Gasteiger partial charge in [0, 0.05) is 23.9 Å². The highest BCUT2D eigenvalue weighted by atomic mass is 16.5. The third kappa shape index (κ3) is 4.68. The number of nitrogens with zero attached hydrogens (tertiary/aromatic N) is 3. The van der Waals surface area contributed by atoms with Crippen molar-refractivity contribution < 1.29 is 14.1 Å². The lowest BCUT2D eigenvalue weighted by atomic mass is 10.1. The van der Waals surface area contributed by atoms with Crippen molar-refractivity contribution in [3.63, 3.8) is 0 Å². The first kappa shape index (κ1) is 20.3. The maximum Gasteiger partial charge on any atom is 0.257 e. The van der Waals surface area contributed by atoms with E-state index < -0.39 is 0 Å². The van der Waals surface area contributed by atoms with E-state index in [1.807, 2.05) is 32.9 Å². The van der Waals surface area contributed by atoms with Gasteiger partial charge in [-0.25, -0.2) is 0 Å². The van der Waals surface area contributed by atoms with Crippen molar-refractivity contribution in [2.75, 3.05) is 18.9 Å². The van der Waals surface area contributed by atoms with Crippen molar-refractivity contribution >= 4 is 17.5 Å². The van der Waals surface area contributed by atoms with Crippen LogP contribution in [0.3, 0.4) is 0 Å². The van der Waals surface area contributed by atoms with E-state index in [0.717, 1.165) is 27.9 Å². The summed E-state index contributed by atoms with van der Waals surface area (Å²) in [4.78, 5) is 30.7. The fourth-order valence-corrected chi connectivity index (χ4v) is 3.23. The fraction of sp³-hybridized carbons (Fsp3) is 0.273. The van der Waals surface area contributed by atoms with Crippen LogP contribution in [0.1, 0.15) is 32.9 Å². The third-order valence-corrected chi connectivity index (χ3v) is 4.58. The quantitative estimate of drug-likeness (QED) is 0.715. The number of aryl methyl sites for hydroxylation is 4. The molecular weight excluding hydrogens is 368 g/mol. The van der Waals surface area contributed by atoms with Crippen LogP contribution in [0.2, 0.25) is 0 Å². The monoisotopic (exact) mass is 392 g/mol. The molecule has 7 heteroatoms. The fourth-order valence-electron chi connectivity index (χ4n) is 3.23. The SMILES string of the molecule is Cc1cc(C)c(NC(=O)CN(C)C(=O)c2ccc(-c3nc(C)no3)cc2)c(C)c1. The second-order valence-corrected chi connectivity index (χ2v) is 7.21. The Hall–Kier alpha value is -3.48. The lowest BCUT2D eigenvalue weighted by molar-refractivity contribution is -0.116. The molecule has 1 aromatic heterocycles. The zero-order chi connectivity index (χ0) is 21.1. The van der Waals surface area contributed by atoms with Gasteiger partial charge in [-0.2, -0.15) is 4.98 Å². The molecule has 2 amide bonds. The number of carbonyl (C=O) groups excluding carboxylic acids is 2. The van der Waals surface area contributed by atoms with E-state index in [0.29, 0.717) is 17.3 Å². The van der Waals surface area contributed by atoms with Crippen LogP contribution in [-0.2, 0) is 4.79 Å². The van der Waals surface area contributed by atoms with Gasteiger partial charge >= 0.3 is 0 Å². The van der Waals surface area contributed by atoms with Crippen molar-refractivity contribution in [1.29, 1.82) is 0 Å². The highest BCUT2D eigenvalue weighted by Gasteiger charge is 2.17. The number of amides is 2. The molecule has 150 valence electrons. The number of hydrogen-bond acceptors (Lipinski definition) is 5. The molecule has 3 aromatic rings. The summed E-state index contributed by atoms with van der Waals surface area (Å²) >= 11 is 0.